The van der Waals surface area contributed by atoms with Crippen molar-refractivity contribution in [2.45, 2.75) is 9.79 Å². The molecule has 0 aliphatic carbocycles. The van der Waals surface area contributed by atoms with Gasteiger partial charge < -0.3 is 5.11 Å². The van der Waals surface area contributed by atoms with Crippen LogP contribution in [-0.4, -0.2) is 49.1 Å². The molecule has 2 N–H and O–H groups in total. The van der Waals surface area contributed by atoms with Crippen molar-refractivity contribution in [1.29, 1.82) is 0 Å². The first kappa shape index (κ1) is 18.5. The Labute approximate surface area is 154 Å². The van der Waals surface area contributed by atoms with Crippen molar-refractivity contribution >= 4 is 48.5 Å². The number of hydrogen-bond acceptors (Lipinski definition) is 8. The van der Waals surface area contributed by atoms with Crippen LogP contribution in [0.1, 0.15) is 0 Å². The first-order valence-corrected chi connectivity index (χ1v) is 10.8. The summed E-state index contributed by atoms with van der Waals surface area (Å²) in [5.41, 5.74) is 0.362. The lowest BCUT2D eigenvalue weighted by Crippen LogP contribution is -2.22. The van der Waals surface area contributed by atoms with Crippen LogP contribution in [0, 0.1) is 0 Å². The summed E-state index contributed by atoms with van der Waals surface area (Å²) in [4.78, 5) is -0.282. The summed E-state index contributed by atoms with van der Waals surface area (Å²) in [6.45, 7) is 0. The number of phenolic OH excluding ortho intramolecular Hbond substituents is 1. The van der Waals surface area contributed by atoms with Crippen LogP contribution in [0.15, 0.2) is 46.2 Å². The fourth-order valence-corrected chi connectivity index (χ4v) is 4.93. The number of nitrogens with one attached hydrogen (secondary N) is 1. The number of anilines is 1. The van der Waals surface area contributed by atoms with Gasteiger partial charge >= 0.3 is 0 Å². The van der Waals surface area contributed by atoms with Crippen LogP contribution in [0.25, 0.3) is 11.0 Å². The van der Waals surface area contributed by atoms with Crippen LogP contribution in [0.3, 0.4) is 0 Å². The molecule has 0 atom stereocenters. The summed E-state index contributed by atoms with van der Waals surface area (Å²) in [6, 6.07) is 7.85. The minimum Gasteiger partial charge on any atom is -0.506 e. The van der Waals surface area contributed by atoms with Crippen molar-refractivity contribution in [3.05, 3.63) is 36.4 Å². The molecule has 9 nitrogen and oxygen atoms in total. The van der Waals surface area contributed by atoms with Crippen LogP contribution in [0.5, 0.6) is 5.75 Å². The van der Waals surface area contributed by atoms with Gasteiger partial charge in [0.1, 0.15) is 21.7 Å². The maximum Gasteiger partial charge on any atom is 0.264 e. The number of nitrogens with zero attached hydrogens (tertiary/aromatic N) is 3. The molecule has 0 amide bonds. The van der Waals surface area contributed by atoms with E-state index in [1.54, 1.807) is 6.07 Å². The Morgan fingerprint density at radius 1 is 1.08 bits per heavy atom. The molecule has 0 radical (unpaired) electrons. The van der Waals surface area contributed by atoms with Crippen molar-refractivity contribution in [3.8, 4) is 5.75 Å². The second kappa shape index (κ2) is 6.46. The van der Waals surface area contributed by atoms with Gasteiger partial charge in [0.25, 0.3) is 10.0 Å². The highest BCUT2D eigenvalue weighted by Gasteiger charge is 2.23. The lowest BCUT2D eigenvalue weighted by molar-refractivity contribution is 0.477. The summed E-state index contributed by atoms with van der Waals surface area (Å²) in [5, 5.41) is 9.96. The number of phenols is 1. The Kier molecular flexibility index (Phi) is 4.60. The Bertz CT molecular complexity index is 1190. The third-order valence-electron chi connectivity index (χ3n) is 3.53. The molecule has 1 heterocycles. The standard InChI is InChI=1S/C14H14N4O5S3/c1-18(2)26(22,23)9-6-7-12(19)11(8-9)17-25(20,21)13-5-3-4-10-14(13)16-24-15-10/h3-8,17,19H,1-2H3. The first-order valence-electron chi connectivity index (χ1n) is 7.12. The molecule has 138 valence electrons. The van der Waals surface area contributed by atoms with Gasteiger partial charge in [-0.3, -0.25) is 4.72 Å². The number of rotatable bonds is 5. The van der Waals surface area contributed by atoms with Gasteiger partial charge in [-0.1, -0.05) is 6.07 Å². The third-order valence-corrected chi connectivity index (χ3v) is 7.28. The smallest absolute Gasteiger partial charge is 0.264 e. The predicted molar refractivity (Wildman–Crippen MR) is 97.2 cm³/mol. The quantitative estimate of drug-likeness (QED) is 0.604. The SMILES string of the molecule is CN(C)S(=O)(=O)c1ccc(O)c(NS(=O)(=O)c2cccc3nsnc23)c1. The Morgan fingerprint density at radius 2 is 1.81 bits per heavy atom. The highest BCUT2D eigenvalue weighted by atomic mass is 32.2. The first-order chi connectivity index (χ1) is 12.1. The zero-order valence-corrected chi connectivity index (χ0v) is 16.1. The molecule has 2 aromatic carbocycles. The lowest BCUT2D eigenvalue weighted by Gasteiger charge is -2.14. The number of benzene rings is 2. The van der Waals surface area contributed by atoms with E-state index in [1.165, 1.54) is 32.3 Å². The fourth-order valence-electron chi connectivity index (χ4n) is 2.17. The molecule has 12 heteroatoms. The van der Waals surface area contributed by atoms with E-state index >= 15 is 0 Å². The van der Waals surface area contributed by atoms with E-state index in [-0.39, 0.29) is 21.0 Å². The van der Waals surface area contributed by atoms with Crippen LogP contribution in [0.4, 0.5) is 5.69 Å². The molecule has 0 saturated carbocycles. The number of hydrogen-bond donors (Lipinski definition) is 2. The minimum atomic E-state index is -4.13. The van der Waals surface area contributed by atoms with E-state index < -0.39 is 25.8 Å². The van der Waals surface area contributed by atoms with Crippen LogP contribution >= 0.6 is 11.7 Å². The molecule has 0 fully saturated rings. The predicted octanol–water partition coefficient (Wildman–Crippen LogP) is 1.45. The van der Waals surface area contributed by atoms with E-state index in [1.807, 2.05) is 0 Å². The number of sulfonamides is 2. The molecule has 26 heavy (non-hydrogen) atoms. The molecule has 0 aliphatic rings. The van der Waals surface area contributed by atoms with Crippen LogP contribution < -0.4 is 4.72 Å². The number of aromatic hydroxyl groups is 1. The van der Waals surface area contributed by atoms with Crippen molar-refractivity contribution in [3.63, 3.8) is 0 Å². The number of aromatic nitrogens is 2. The van der Waals surface area contributed by atoms with Crippen LogP contribution in [-0.2, 0) is 20.0 Å². The zero-order valence-electron chi connectivity index (χ0n) is 13.6. The molecular formula is C14H14N4O5S3. The van der Waals surface area contributed by atoms with Gasteiger partial charge in [-0.05, 0) is 30.3 Å². The molecule has 0 aliphatic heterocycles. The third kappa shape index (κ3) is 3.23. The van der Waals surface area contributed by atoms with Crippen molar-refractivity contribution < 1.29 is 21.9 Å². The van der Waals surface area contributed by atoms with Gasteiger partial charge in [-0.25, -0.2) is 21.1 Å². The summed E-state index contributed by atoms with van der Waals surface area (Å²) in [7, 11) is -5.23. The topological polar surface area (TPSA) is 130 Å². The minimum absolute atomic E-state index is 0.121. The maximum atomic E-state index is 12.7. The summed E-state index contributed by atoms with van der Waals surface area (Å²) in [5.74, 6) is -0.408. The van der Waals surface area contributed by atoms with Gasteiger partial charge in [0.15, 0.2) is 0 Å². The number of fused-ring (bicyclic) bond motifs is 1. The van der Waals surface area contributed by atoms with Gasteiger partial charge in [-0.2, -0.15) is 8.75 Å². The fraction of sp³-hybridized carbons (Fsp3) is 0.143. The largest absolute Gasteiger partial charge is 0.506 e. The molecule has 0 unspecified atom stereocenters. The average molecular weight is 414 g/mol. The van der Waals surface area contributed by atoms with Crippen molar-refractivity contribution in [2.24, 2.45) is 0 Å². The maximum absolute atomic E-state index is 12.7. The van der Waals surface area contributed by atoms with E-state index in [9.17, 15) is 21.9 Å². The molecule has 3 rings (SSSR count). The second-order valence-electron chi connectivity index (χ2n) is 5.46. The average Bonchev–Trinajstić information content (AvgIpc) is 3.04. The van der Waals surface area contributed by atoms with Crippen LogP contribution in [0.2, 0.25) is 0 Å². The molecular weight excluding hydrogens is 400 g/mol. The highest BCUT2D eigenvalue weighted by Crippen LogP contribution is 2.30. The van der Waals surface area contributed by atoms with Gasteiger partial charge in [0.05, 0.1) is 22.3 Å². The highest BCUT2D eigenvalue weighted by molar-refractivity contribution is 7.93. The van der Waals surface area contributed by atoms with Gasteiger partial charge in [0, 0.05) is 14.1 Å². The normalized spacial score (nSPS) is 12.6. The Balaban J connectivity index is 2.07. The van der Waals surface area contributed by atoms with E-state index in [0.717, 1.165) is 28.2 Å². The van der Waals surface area contributed by atoms with E-state index in [2.05, 4.69) is 13.5 Å². The van der Waals surface area contributed by atoms with E-state index in [4.69, 9.17) is 0 Å². The molecule has 0 spiro atoms. The zero-order chi connectivity index (χ0) is 19.1. The Morgan fingerprint density at radius 3 is 2.50 bits per heavy atom. The molecule has 1 aromatic heterocycles. The van der Waals surface area contributed by atoms with Gasteiger partial charge in [-0.15, -0.1) is 0 Å². The molecule has 3 aromatic rings. The Hall–Kier alpha value is -2.28. The van der Waals surface area contributed by atoms with Crippen molar-refractivity contribution in [1.82, 2.24) is 13.1 Å². The van der Waals surface area contributed by atoms with Gasteiger partial charge in [0.2, 0.25) is 10.0 Å². The molecule has 0 saturated heterocycles. The lowest BCUT2D eigenvalue weighted by atomic mass is 10.3. The van der Waals surface area contributed by atoms with E-state index in [0.29, 0.717) is 5.52 Å². The summed E-state index contributed by atoms with van der Waals surface area (Å²) < 4.78 is 61.0. The summed E-state index contributed by atoms with van der Waals surface area (Å²) >= 11 is 0.875. The summed E-state index contributed by atoms with van der Waals surface area (Å²) in [6.07, 6.45) is 0. The molecule has 0 bridgehead atoms. The second-order valence-corrected chi connectivity index (χ2v) is 9.79. The van der Waals surface area contributed by atoms with Crippen molar-refractivity contribution in [2.75, 3.05) is 18.8 Å². The monoisotopic (exact) mass is 414 g/mol.